The van der Waals surface area contributed by atoms with Crippen LogP contribution in [0.4, 0.5) is 5.69 Å². The van der Waals surface area contributed by atoms with Crippen LogP contribution in [0.3, 0.4) is 0 Å². The van der Waals surface area contributed by atoms with Crippen LogP contribution in [0.5, 0.6) is 0 Å². The molecular weight excluding hydrogens is 249 g/mol. The van der Waals surface area contributed by atoms with Gasteiger partial charge in [0.2, 0.25) is 0 Å². The van der Waals surface area contributed by atoms with Gasteiger partial charge in [-0.15, -0.1) is 11.6 Å². The lowest BCUT2D eigenvalue weighted by Gasteiger charge is -2.02. The molecule has 1 aromatic carbocycles. The first kappa shape index (κ1) is 10.6. The van der Waals surface area contributed by atoms with Gasteiger partial charge in [-0.25, -0.2) is 0 Å². The molecule has 1 nitrogen and oxygen atoms in total. The zero-order valence-corrected chi connectivity index (χ0v) is 9.48. The summed E-state index contributed by atoms with van der Waals surface area (Å²) < 4.78 is 1.09. The van der Waals surface area contributed by atoms with E-state index in [0.29, 0.717) is 5.88 Å². The Kier molecular flexibility index (Phi) is 4.94. The van der Waals surface area contributed by atoms with Crippen LogP contribution in [0.15, 0.2) is 40.9 Å². The van der Waals surface area contributed by atoms with Gasteiger partial charge in [0.15, 0.2) is 0 Å². The molecule has 1 rings (SSSR count). The van der Waals surface area contributed by atoms with Crippen molar-refractivity contribution in [1.29, 1.82) is 0 Å². The van der Waals surface area contributed by atoms with E-state index in [1.807, 2.05) is 36.4 Å². The Hall–Kier alpha value is -0.470. The number of nitrogens with one attached hydrogen (secondary N) is 1. The molecule has 0 atom stereocenters. The average molecular weight is 261 g/mol. The quantitative estimate of drug-likeness (QED) is 0.643. The average Bonchev–Trinajstić information content (AvgIpc) is 2.15. The van der Waals surface area contributed by atoms with Gasteiger partial charge in [0.05, 0.1) is 0 Å². The topological polar surface area (TPSA) is 12.0 Å². The zero-order chi connectivity index (χ0) is 9.52. The van der Waals surface area contributed by atoms with Crippen LogP contribution in [0.1, 0.15) is 0 Å². The number of rotatable bonds is 4. The summed E-state index contributed by atoms with van der Waals surface area (Å²) in [5, 5.41) is 3.24. The maximum Gasteiger partial charge on any atom is 0.0404 e. The third-order valence-corrected chi connectivity index (χ3v) is 2.23. The van der Waals surface area contributed by atoms with Gasteiger partial charge < -0.3 is 5.32 Å². The summed E-state index contributed by atoms with van der Waals surface area (Å²) in [6.45, 7) is 0.814. The van der Waals surface area contributed by atoms with Crippen LogP contribution in [0.2, 0.25) is 0 Å². The smallest absolute Gasteiger partial charge is 0.0404 e. The van der Waals surface area contributed by atoms with Crippen molar-refractivity contribution < 1.29 is 0 Å². The zero-order valence-electron chi connectivity index (χ0n) is 7.13. The van der Waals surface area contributed by atoms with Crippen LogP contribution < -0.4 is 5.32 Å². The van der Waals surface area contributed by atoms with Crippen molar-refractivity contribution in [1.82, 2.24) is 0 Å². The molecule has 1 N–H and O–H groups in total. The van der Waals surface area contributed by atoms with Crippen molar-refractivity contribution in [2.75, 3.05) is 17.7 Å². The second kappa shape index (κ2) is 6.06. The molecule has 0 aliphatic heterocycles. The lowest BCUT2D eigenvalue weighted by molar-refractivity contribution is 1.32. The Balaban J connectivity index is 2.37. The molecule has 0 radical (unpaired) electrons. The third-order valence-electron chi connectivity index (χ3n) is 1.52. The van der Waals surface area contributed by atoms with Crippen molar-refractivity contribution in [2.45, 2.75) is 0 Å². The number of allylic oxidation sites excluding steroid dienone is 1. The van der Waals surface area contributed by atoms with Crippen molar-refractivity contribution in [2.24, 2.45) is 0 Å². The summed E-state index contributed by atoms with van der Waals surface area (Å²) in [6, 6.07) is 8.07. The number of halogens is 2. The molecule has 0 amide bonds. The summed E-state index contributed by atoms with van der Waals surface area (Å²) in [4.78, 5) is 0. The molecule has 0 spiro atoms. The van der Waals surface area contributed by atoms with Crippen LogP contribution in [-0.4, -0.2) is 12.4 Å². The summed E-state index contributed by atoms with van der Waals surface area (Å²) in [7, 11) is 0. The largest absolute Gasteiger partial charge is 0.382 e. The van der Waals surface area contributed by atoms with Crippen LogP contribution in [0, 0.1) is 0 Å². The highest BCUT2D eigenvalue weighted by Crippen LogP contribution is 2.13. The van der Waals surface area contributed by atoms with Crippen LogP contribution in [0.25, 0.3) is 0 Å². The van der Waals surface area contributed by atoms with E-state index in [1.165, 1.54) is 0 Å². The SMILES string of the molecule is ClC/C=C/CNc1ccc(Br)cc1. The summed E-state index contributed by atoms with van der Waals surface area (Å²) in [5.74, 6) is 0.571. The van der Waals surface area contributed by atoms with Crippen molar-refractivity contribution >= 4 is 33.2 Å². The first-order chi connectivity index (χ1) is 6.33. The Morgan fingerprint density at radius 2 is 1.92 bits per heavy atom. The van der Waals surface area contributed by atoms with Gasteiger partial charge in [-0.2, -0.15) is 0 Å². The minimum atomic E-state index is 0.571. The van der Waals surface area contributed by atoms with Crippen molar-refractivity contribution in [3.63, 3.8) is 0 Å². The summed E-state index contributed by atoms with van der Waals surface area (Å²) in [6.07, 6.45) is 3.93. The van der Waals surface area contributed by atoms with Gasteiger partial charge in [-0.05, 0) is 24.3 Å². The highest BCUT2D eigenvalue weighted by molar-refractivity contribution is 9.10. The van der Waals surface area contributed by atoms with Gasteiger partial charge in [0.25, 0.3) is 0 Å². The molecule has 0 fully saturated rings. The Labute approximate surface area is 91.9 Å². The van der Waals surface area contributed by atoms with E-state index in [0.717, 1.165) is 16.7 Å². The minimum absolute atomic E-state index is 0.571. The number of alkyl halides is 1. The molecule has 0 bridgehead atoms. The highest BCUT2D eigenvalue weighted by Gasteiger charge is 1.88. The molecule has 13 heavy (non-hydrogen) atoms. The monoisotopic (exact) mass is 259 g/mol. The van der Waals surface area contributed by atoms with E-state index < -0.39 is 0 Å². The van der Waals surface area contributed by atoms with Gasteiger partial charge >= 0.3 is 0 Å². The maximum atomic E-state index is 5.48. The number of benzene rings is 1. The molecule has 0 heterocycles. The normalized spacial score (nSPS) is 10.6. The van der Waals surface area contributed by atoms with E-state index in [2.05, 4.69) is 21.2 Å². The number of hydrogen-bond donors (Lipinski definition) is 1. The lowest BCUT2D eigenvalue weighted by atomic mass is 10.3. The molecule has 3 heteroatoms. The van der Waals surface area contributed by atoms with Crippen molar-refractivity contribution in [3.05, 3.63) is 40.9 Å². The third kappa shape index (κ3) is 4.34. The second-order valence-corrected chi connectivity index (χ2v) is 3.74. The minimum Gasteiger partial charge on any atom is -0.382 e. The molecule has 70 valence electrons. The molecule has 0 aliphatic rings. The molecule has 0 aromatic heterocycles. The highest BCUT2D eigenvalue weighted by atomic mass is 79.9. The fourth-order valence-electron chi connectivity index (χ4n) is 0.891. The predicted molar refractivity (Wildman–Crippen MR) is 62.5 cm³/mol. The number of anilines is 1. The van der Waals surface area contributed by atoms with Gasteiger partial charge in [0, 0.05) is 22.6 Å². The Bertz CT molecular complexity index is 269. The van der Waals surface area contributed by atoms with E-state index in [1.54, 1.807) is 0 Å². The predicted octanol–water partition coefficient (Wildman–Crippen LogP) is 3.66. The standard InChI is InChI=1S/C10H11BrClN/c11-9-3-5-10(6-4-9)13-8-2-1-7-12/h1-6,13H,7-8H2/b2-1+. The van der Waals surface area contributed by atoms with Crippen molar-refractivity contribution in [3.8, 4) is 0 Å². The number of hydrogen-bond acceptors (Lipinski definition) is 1. The van der Waals surface area contributed by atoms with E-state index in [-0.39, 0.29) is 0 Å². The Morgan fingerprint density at radius 3 is 2.54 bits per heavy atom. The molecule has 0 saturated heterocycles. The van der Waals surface area contributed by atoms with E-state index in [9.17, 15) is 0 Å². The molecule has 0 aliphatic carbocycles. The second-order valence-electron chi connectivity index (χ2n) is 2.51. The first-order valence-electron chi connectivity index (χ1n) is 4.03. The lowest BCUT2D eigenvalue weighted by Crippen LogP contribution is -1.97. The van der Waals surface area contributed by atoms with Crippen LogP contribution >= 0.6 is 27.5 Å². The summed E-state index contributed by atoms with van der Waals surface area (Å²) >= 11 is 8.86. The van der Waals surface area contributed by atoms with Crippen LogP contribution in [-0.2, 0) is 0 Å². The first-order valence-corrected chi connectivity index (χ1v) is 5.36. The maximum absolute atomic E-state index is 5.48. The molecule has 0 saturated carbocycles. The van der Waals surface area contributed by atoms with E-state index >= 15 is 0 Å². The van der Waals surface area contributed by atoms with Gasteiger partial charge in [-0.1, -0.05) is 28.1 Å². The van der Waals surface area contributed by atoms with E-state index in [4.69, 9.17) is 11.6 Å². The van der Waals surface area contributed by atoms with Gasteiger partial charge in [0.1, 0.15) is 0 Å². The fourth-order valence-corrected chi connectivity index (χ4v) is 1.28. The molecule has 0 unspecified atom stereocenters. The molecule has 1 aromatic rings. The molecular formula is C10H11BrClN. The summed E-state index contributed by atoms with van der Waals surface area (Å²) in [5.41, 5.74) is 1.11. The van der Waals surface area contributed by atoms with Gasteiger partial charge in [-0.3, -0.25) is 0 Å². The fraction of sp³-hybridized carbons (Fsp3) is 0.200. The Morgan fingerprint density at radius 1 is 1.23 bits per heavy atom.